The summed E-state index contributed by atoms with van der Waals surface area (Å²) in [6, 6.07) is 7.37. The molecular formula is C19H22N4O4. The minimum Gasteiger partial charge on any atom is -0.487 e. The van der Waals surface area contributed by atoms with Crippen LogP contribution in [0.15, 0.2) is 42.9 Å². The van der Waals surface area contributed by atoms with Gasteiger partial charge in [-0.2, -0.15) is 5.10 Å². The van der Waals surface area contributed by atoms with Crippen LogP contribution in [0.4, 0.5) is 0 Å². The molecular weight excluding hydrogens is 348 g/mol. The molecule has 0 radical (unpaired) electrons. The maximum Gasteiger partial charge on any atom is 0.213 e. The zero-order valence-electron chi connectivity index (χ0n) is 15.3. The largest absolute Gasteiger partial charge is 0.487 e. The van der Waals surface area contributed by atoms with Crippen LogP contribution >= 0.6 is 0 Å². The fourth-order valence-electron chi connectivity index (χ4n) is 2.66. The number of hydrogen-bond acceptors (Lipinski definition) is 7. The first-order valence-corrected chi connectivity index (χ1v) is 8.48. The van der Waals surface area contributed by atoms with Gasteiger partial charge in [0.15, 0.2) is 0 Å². The van der Waals surface area contributed by atoms with Crippen molar-refractivity contribution in [3.8, 4) is 23.0 Å². The monoisotopic (exact) mass is 370 g/mol. The molecule has 3 aromatic rings. The van der Waals surface area contributed by atoms with E-state index in [-0.39, 0.29) is 13.2 Å². The standard InChI is InChI=1S/C19H22N4O4/c1-25-9-8-23-16(5-7-22-23)19-14(4-3-6-20-19)13-27-17-11-21-18(26-2)10-15(17)12-24/h3-7,10-11,24H,8-9,12-13H2,1-2H3. The van der Waals surface area contributed by atoms with Crippen molar-refractivity contribution in [1.82, 2.24) is 19.7 Å². The van der Waals surface area contributed by atoms with Gasteiger partial charge in [-0.15, -0.1) is 0 Å². The molecule has 0 bridgehead atoms. The van der Waals surface area contributed by atoms with Crippen molar-refractivity contribution in [3.63, 3.8) is 0 Å². The molecule has 1 N–H and O–H groups in total. The quantitative estimate of drug-likeness (QED) is 0.616. The van der Waals surface area contributed by atoms with Gasteiger partial charge in [0, 0.05) is 36.7 Å². The summed E-state index contributed by atoms with van der Waals surface area (Å²) in [5.74, 6) is 0.927. The highest BCUT2D eigenvalue weighted by atomic mass is 16.5. The number of aliphatic hydroxyl groups excluding tert-OH is 1. The summed E-state index contributed by atoms with van der Waals surface area (Å²) in [7, 11) is 3.18. The van der Waals surface area contributed by atoms with Crippen LogP contribution in [-0.4, -0.2) is 45.7 Å². The summed E-state index contributed by atoms with van der Waals surface area (Å²) in [6.45, 7) is 1.30. The highest BCUT2D eigenvalue weighted by Crippen LogP contribution is 2.25. The molecule has 0 aliphatic rings. The van der Waals surface area contributed by atoms with Crippen LogP contribution in [0.1, 0.15) is 11.1 Å². The maximum atomic E-state index is 9.56. The summed E-state index contributed by atoms with van der Waals surface area (Å²) in [4.78, 5) is 8.64. The molecule has 8 nitrogen and oxygen atoms in total. The van der Waals surface area contributed by atoms with Crippen molar-refractivity contribution >= 4 is 0 Å². The van der Waals surface area contributed by atoms with Crippen molar-refractivity contribution in [1.29, 1.82) is 0 Å². The molecule has 0 aliphatic heterocycles. The number of methoxy groups -OCH3 is 2. The van der Waals surface area contributed by atoms with Gasteiger partial charge < -0.3 is 19.3 Å². The van der Waals surface area contributed by atoms with E-state index in [0.29, 0.717) is 30.3 Å². The number of hydrogen-bond donors (Lipinski definition) is 1. The van der Waals surface area contributed by atoms with Crippen LogP contribution in [0.2, 0.25) is 0 Å². The molecule has 8 heteroatoms. The van der Waals surface area contributed by atoms with Crippen LogP contribution in [0.5, 0.6) is 11.6 Å². The number of pyridine rings is 2. The highest BCUT2D eigenvalue weighted by Gasteiger charge is 2.13. The Morgan fingerprint density at radius 2 is 2.00 bits per heavy atom. The van der Waals surface area contributed by atoms with Gasteiger partial charge in [0.25, 0.3) is 0 Å². The lowest BCUT2D eigenvalue weighted by atomic mass is 10.1. The van der Waals surface area contributed by atoms with Gasteiger partial charge >= 0.3 is 0 Å². The fourth-order valence-corrected chi connectivity index (χ4v) is 2.66. The first-order valence-electron chi connectivity index (χ1n) is 8.48. The second-order valence-corrected chi connectivity index (χ2v) is 5.72. The van der Waals surface area contributed by atoms with Gasteiger partial charge in [-0.05, 0) is 12.1 Å². The van der Waals surface area contributed by atoms with Gasteiger partial charge in [-0.1, -0.05) is 6.07 Å². The van der Waals surface area contributed by atoms with Crippen LogP contribution in [-0.2, 0) is 24.5 Å². The zero-order chi connectivity index (χ0) is 19.1. The number of rotatable bonds is 9. The van der Waals surface area contributed by atoms with E-state index in [0.717, 1.165) is 17.0 Å². The molecule has 0 aliphatic carbocycles. The van der Waals surface area contributed by atoms with Crippen molar-refractivity contribution in [2.24, 2.45) is 0 Å². The number of nitrogens with zero attached hydrogens (tertiary/aromatic N) is 4. The second kappa shape index (κ2) is 9.11. The predicted molar refractivity (Wildman–Crippen MR) is 98.4 cm³/mol. The molecule has 0 fully saturated rings. The third kappa shape index (κ3) is 4.42. The SMILES string of the molecule is COCCn1nccc1-c1ncccc1COc1cnc(OC)cc1CO. The Morgan fingerprint density at radius 1 is 1.11 bits per heavy atom. The molecule has 3 heterocycles. The smallest absolute Gasteiger partial charge is 0.213 e. The molecule has 0 aromatic carbocycles. The molecule has 3 aromatic heterocycles. The van der Waals surface area contributed by atoms with E-state index < -0.39 is 0 Å². The molecule has 0 spiro atoms. The predicted octanol–water partition coefficient (Wildman–Crippen LogP) is 2.07. The lowest BCUT2D eigenvalue weighted by Crippen LogP contribution is -2.09. The summed E-state index contributed by atoms with van der Waals surface area (Å²) in [6.07, 6.45) is 5.02. The lowest BCUT2D eigenvalue weighted by molar-refractivity contribution is 0.184. The average molecular weight is 370 g/mol. The van der Waals surface area contributed by atoms with E-state index in [9.17, 15) is 5.11 Å². The van der Waals surface area contributed by atoms with Crippen LogP contribution in [0.25, 0.3) is 11.4 Å². The summed E-state index contributed by atoms with van der Waals surface area (Å²) < 4.78 is 18.0. The molecule has 0 saturated heterocycles. The van der Waals surface area contributed by atoms with Gasteiger partial charge in [-0.25, -0.2) is 4.98 Å². The van der Waals surface area contributed by atoms with Gasteiger partial charge in [0.2, 0.25) is 5.88 Å². The minimum atomic E-state index is -0.169. The van der Waals surface area contributed by atoms with Gasteiger partial charge in [0.05, 0.1) is 44.5 Å². The number of aromatic nitrogens is 4. The normalized spacial score (nSPS) is 10.8. The second-order valence-electron chi connectivity index (χ2n) is 5.72. The van der Waals surface area contributed by atoms with Crippen LogP contribution in [0, 0.1) is 0 Å². The molecule has 0 saturated carbocycles. The summed E-state index contributed by atoms with van der Waals surface area (Å²) in [5, 5.41) is 13.9. The topological polar surface area (TPSA) is 91.5 Å². The Morgan fingerprint density at radius 3 is 2.78 bits per heavy atom. The van der Waals surface area contributed by atoms with E-state index in [2.05, 4.69) is 15.1 Å². The van der Waals surface area contributed by atoms with E-state index in [1.807, 2.05) is 22.9 Å². The van der Waals surface area contributed by atoms with Gasteiger partial charge in [0.1, 0.15) is 12.4 Å². The summed E-state index contributed by atoms with van der Waals surface area (Å²) in [5.41, 5.74) is 3.19. The Balaban J connectivity index is 1.83. The van der Waals surface area contributed by atoms with Crippen molar-refractivity contribution < 1.29 is 19.3 Å². The highest BCUT2D eigenvalue weighted by molar-refractivity contribution is 5.58. The Bertz CT molecular complexity index is 882. The van der Waals surface area contributed by atoms with E-state index in [4.69, 9.17) is 14.2 Å². The van der Waals surface area contributed by atoms with Crippen LogP contribution in [0.3, 0.4) is 0 Å². The third-order valence-electron chi connectivity index (χ3n) is 4.04. The molecule has 3 rings (SSSR count). The Kier molecular flexibility index (Phi) is 6.35. The molecule has 27 heavy (non-hydrogen) atoms. The average Bonchev–Trinajstić information content (AvgIpc) is 3.19. The van der Waals surface area contributed by atoms with Crippen molar-refractivity contribution in [3.05, 3.63) is 54.0 Å². The Labute approximate surface area is 157 Å². The molecule has 0 unspecified atom stereocenters. The summed E-state index contributed by atoms with van der Waals surface area (Å²) >= 11 is 0. The van der Waals surface area contributed by atoms with Gasteiger partial charge in [-0.3, -0.25) is 9.67 Å². The van der Waals surface area contributed by atoms with E-state index in [1.165, 1.54) is 7.11 Å². The molecule has 0 atom stereocenters. The third-order valence-corrected chi connectivity index (χ3v) is 4.04. The number of ether oxygens (including phenoxy) is 3. The van der Waals surface area contributed by atoms with E-state index >= 15 is 0 Å². The Hall–Kier alpha value is -2.97. The number of aliphatic hydroxyl groups is 1. The fraction of sp³-hybridized carbons (Fsp3) is 0.316. The minimum absolute atomic E-state index is 0.169. The van der Waals surface area contributed by atoms with E-state index in [1.54, 1.807) is 31.8 Å². The lowest BCUT2D eigenvalue weighted by Gasteiger charge is -2.14. The van der Waals surface area contributed by atoms with Crippen LogP contribution < -0.4 is 9.47 Å². The first kappa shape index (κ1) is 18.8. The van der Waals surface area contributed by atoms with Crippen molar-refractivity contribution in [2.75, 3.05) is 20.8 Å². The zero-order valence-corrected chi connectivity index (χ0v) is 15.3. The first-order chi connectivity index (χ1) is 13.3. The van der Waals surface area contributed by atoms with Crippen molar-refractivity contribution in [2.45, 2.75) is 19.8 Å². The maximum absolute atomic E-state index is 9.56. The molecule has 0 amide bonds. The molecule has 142 valence electrons.